The number of nitrogens with one attached hydrogen (secondary N) is 1. The van der Waals surface area contributed by atoms with Gasteiger partial charge in [-0.1, -0.05) is 29.8 Å². The number of benzene rings is 1. The number of nitrogens with zero attached hydrogens (tertiary/aromatic N) is 1. The van der Waals surface area contributed by atoms with Crippen molar-refractivity contribution in [3.63, 3.8) is 0 Å². The maximum Gasteiger partial charge on any atom is 1.00 e. The molecule has 0 spiro atoms. The third-order valence-corrected chi connectivity index (χ3v) is 1.82. The molecule has 0 unspecified atom stereocenters. The Kier molecular flexibility index (Phi) is 3.36. The Morgan fingerprint density at radius 3 is 2.46 bits per heavy atom. The van der Waals surface area contributed by atoms with E-state index in [1.807, 2.05) is 6.20 Å². The van der Waals surface area contributed by atoms with Crippen LogP contribution < -0.4 is 18.9 Å². The van der Waals surface area contributed by atoms with Crippen LogP contribution in [0, 0.1) is 6.92 Å². The minimum Gasteiger partial charge on any atom is -1.00 e. The third kappa shape index (κ3) is 2.24. The van der Waals surface area contributed by atoms with Gasteiger partial charge in [0, 0.05) is 18.0 Å². The molecule has 0 saturated carbocycles. The normalized spacial score (nSPS) is 9.31. The van der Waals surface area contributed by atoms with Gasteiger partial charge in [-0.25, -0.2) is 4.98 Å². The molecule has 13 heavy (non-hydrogen) atoms. The van der Waals surface area contributed by atoms with Crippen molar-refractivity contribution in [3.8, 4) is 11.4 Å². The summed E-state index contributed by atoms with van der Waals surface area (Å²) in [7, 11) is 0. The third-order valence-electron chi connectivity index (χ3n) is 1.82. The summed E-state index contributed by atoms with van der Waals surface area (Å²) in [6.07, 6.45) is 3.59. The van der Waals surface area contributed by atoms with Crippen molar-refractivity contribution in [2.75, 3.05) is 0 Å². The number of hydrogen-bond acceptors (Lipinski definition) is 1. The molecule has 0 saturated heterocycles. The first kappa shape index (κ1) is 10.1. The molecule has 1 aromatic heterocycles. The van der Waals surface area contributed by atoms with Crippen molar-refractivity contribution in [1.29, 1.82) is 0 Å². The Balaban J connectivity index is 0.000000845. The van der Waals surface area contributed by atoms with Crippen molar-refractivity contribution in [2.45, 2.75) is 6.92 Å². The molecule has 0 aliphatic carbocycles. The predicted molar refractivity (Wildman–Crippen MR) is 49.9 cm³/mol. The fraction of sp³-hybridized carbons (Fsp3) is 0.100. The first-order valence-corrected chi connectivity index (χ1v) is 3.93. The average molecular weight is 166 g/mol. The van der Waals surface area contributed by atoms with Crippen LogP contribution in [0.4, 0.5) is 0 Å². The van der Waals surface area contributed by atoms with Gasteiger partial charge in [0.05, 0.1) is 0 Å². The summed E-state index contributed by atoms with van der Waals surface area (Å²) in [5.41, 5.74) is 2.40. The Morgan fingerprint density at radius 1 is 1.23 bits per heavy atom. The van der Waals surface area contributed by atoms with Crippen LogP contribution in [0.1, 0.15) is 6.99 Å². The SMILES string of the molecule is Cc1ccc(-c2ncc[nH]2)cc1.[H-].[Li+]. The van der Waals surface area contributed by atoms with E-state index in [9.17, 15) is 0 Å². The fourth-order valence-electron chi connectivity index (χ4n) is 1.13. The fourth-order valence-corrected chi connectivity index (χ4v) is 1.13. The van der Waals surface area contributed by atoms with Crippen LogP contribution in [0.3, 0.4) is 0 Å². The van der Waals surface area contributed by atoms with Crippen LogP contribution in [0.5, 0.6) is 0 Å². The largest absolute Gasteiger partial charge is 1.00 e. The van der Waals surface area contributed by atoms with Gasteiger partial charge in [-0.3, -0.25) is 0 Å². The Labute approximate surface area is 91.1 Å². The van der Waals surface area contributed by atoms with E-state index in [2.05, 4.69) is 41.2 Å². The van der Waals surface area contributed by atoms with Gasteiger partial charge < -0.3 is 6.41 Å². The van der Waals surface area contributed by atoms with Crippen LogP contribution in [-0.2, 0) is 0 Å². The van der Waals surface area contributed by atoms with Gasteiger partial charge in [0.1, 0.15) is 5.82 Å². The molecule has 2 rings (SSSR count). The van der Waals surface area contributed by atoms with Crippen LogP contribution >= 0.6 is 0 Å². The van der Waals surface area contributed by atoms with Gasteiger partial charge in [0.25, 0.3) is 0 Å². The van der Waals surface area contributed by atoms with E-state index in [0.29, 0.717) is 0 Å². The number of rotatable bonds is 1. The first-order valence-electron chi connectivity index (χ1n) is 3.93. The Morgan fingerprint density at radius 2 is 1.92 bits per heavy atom. The van der Waals surface area contributed by atoms with E-state index in [4.69, 9.17) is 0 Å². The first-order chi connectivity index (χ1) is 5.86. The van der Waals surface area contributed by atoms with Gasteiger partial charge in [-0.05, 0) is 6.92 Å². The predicted octanol–water partition coefficient (Wildman–Crippen LogP) is -0.498. The number of aryl methyl sites for hydroxylation is 1. The number of aromatic amines is 1. The summed E-state index contributed by atoms with van der Waals surface area (Å²) in [5, 5.41) is 0. The summed E-state index contributed by atoms with van der Waals surface area (Å²) >= 11 is 0. The van der Waals surface area contributed by atoms with Gasteiger partial charge in [-0.15, -0.1) is 0 Å². The number of aromatic nitrogens is 2. The average Bonchev–Trinajstić information content (AvgIpc) is 2.58. The topological polar surface area (TPSA) is 28.7 Å². The van der Waals surface area contributed by atoms with Crippen molar-refractivity contribution in [3.05, 3.63) is 42.2 Å². The van der Waals surface area contributed by atoms with E-state index in [-0.39, 0.29) is 20.3 Å². The molecular formula is C10H11LiN2. The van der Waals surface area contributed by atoms with Crippen LogP contribution in [-0.4, -0.2) is 9.97 Å². The van der Waals surface area contributed by atoms with Gasteiger partial charge in [0.2, 0.25) is 0 Å². The standard InChI is InChI=1S/C10H10N2.Li.H/c1-8-2-4-9(5-3-8)10-11-6-7-12-10;;/h2-7H,1H3,(H,11,12);;/q;+1;-1. The Bertz CT molecular complexity index is 356. The van der Waals surface area contributed by atoms with Gasteiger partial charge in [-0.2, -0.15) is 0 Å². The summed E-state index contributed by atoms with van der Waals surface area (Å²) in [6.45, 7) is 2.08. The number of hydrogen-bond donors (Lipinski definition) is 1. The van der Waals surface area contributed by atoms with E-state index in [1.165, 1.54) is 5.56 Å². The molecule has 1 aromatic carbocycles. The summed E-state index contributed by atoms with van der Waals surface area (Å²) in [4.78, 5) is 7.22. The monoisotopic (exact) mass is 166 g/mol. The van der Waals surface area contributed by atoms with Crippen molar-refractivity contribution < 1.29 is 20.3 Å². The summed E-state index contributed by atoms with van der Waals surface area (Å²) in [6, 6.07) is 8.29. The molecule has 0 aliphatic rings. The molecule has 1 N–H and O–H groups in total. The van der Waals surface area contributed by atoms with E-state index >= 15 is 0 Å². The van der Waals surface area contributed by atoms with Gasteiger partial charge >= 0.3 is 18.9 Å². The second-order valence-corrected chi connectivity index (χ2v) is 2.80. The van der Waals surface area contributed by atoms with Crippen LogP contribution in [0.15, 0.2) is 36.7 Å². The maximum atomic E-state index is 4.16. The van der Waals surface area contributed by atoms with Gasteiger partial charge in [0.15, 0.2) is 0 Å². The van der Waals surface area contributed by atoms with Crippen molar-refractivity contribution in [2.24, 2.45) is 0 Å². The molecule has 62 valence electrons. The van der Waals surface area contributed by atoms with E-state index in [0.717, 1.165) is 11.4 Å². The molecule has 0 atom stereocenters. The molecule has 3 heteroatoms. The van der Waals surface area contributed by atoms with Crippen molar-refractivity contribution >= 4 is 0 Å². The molecule has 2 aromatic rings. The molecule has 1 heterocycles. The molecular weight excluding hydrogens is 155 g/mol. The zero-order chi connectivity index (χ0) is 8.39. The zero-order valence-corrected chi connectivity index (χ0v) is 7.91. The zero-order valence-electron chi connectivity index (χ0n) is 8.91. The molecule has 0 fully saturated rings. The second-order valence-electron chi connectivity index (χ2n) is 2.80. The van der Waals surface area contributed by atoms with Crippen LogP contribution in [0.2, 0.25) is 0 Å². The molecule has 2 nitrogen and oxygen atoms in total. The van der Waals surface area contributed by atoms with E-state index in [1.54, 1.807) is 6.20 Å². The van der Waals surface area contributed by atoms with Crippen molar-refractivity contribution in [1.82, 2.24) is 9.97 Å². The van der Waals surface area contributed by atoms with E-state index < -0.39 is 0 Å². The summed E-state index contributed by atoms with van der Waals surface area (Å²) in [5.74, 6) is 0.926. The number of H-pyrrole nitrogens is 1. The summed E-state index contributed by atoms with van der Waals surface area (Å²) < 4.78 is 0. The minimum absolute atomic E-state index is 0. The molecule has 0 bridgehead atoms. The second kappa shape index (κ2) is 4.32. The molecule has 0 aliphatic heterocycles. The minimum atomic E-state index is 0. The smallest absolute Gasteiger partial charge is 1.00 e. The van der Waals surface area contributed by atoms with Crippen LogP contribution in [0.25, 0.3) is 11.4 Å². The Hall–Kier alpha value is -0.973. The molecule has 0 radical (unpaired) electrons. The molecule has 0 amide bonds. The number of imidazole rings is 1. The quantitative estimate of drug-likeness (QED) is 0.568. The maximum absolute atomic E-state index is 4.16.